The molecule has 15 heavy (non-hydrogen) atoms. The van der Waals surface area contributed by atoms with Crippen LogP contribution in [0.3, 0.4) is 0 Å². The van der Waals surface area contributed by atoms with Gasteiger partial charge in [-0.25, -0.2) is 0 Å². The van der Waals surface area contributed by atoms with E-state index >= 15 is 0 Å². The Morgan fingerprint density at radius 1 is 0.933 bits per heavy atom. The highest BCUT2D eigenvalue weighted by Crippen LogP contribution is 2.14. The van der Waals surface area contributed by atoms with Crippen molar-refractivity contribution in [3.8, 4) is 0 Å². The first-order valence-corrected chi connectivity index (χ1v) is 6.49. The summed E-state index contributed by atoms with van der Waals surface area (Å²) in [5, 5.41) is 0. The van der Waals surface area contributed by atoms with E-state index in [1.54, 1.807) is 0 Å². The standard InChI is InChI=1S/C6H13N.C5H11N.C2H6/c1-3-6-4-7(2)5-6;1-5-3-6(2)4-5;1-2/h6H,3-5H2,1-2H3;5H,3-4H2,1-2H3;1-2H3. The lowest BCUT2D eigenvalue weighted by atomic mass is 9.99. The molecule has 2 heterocycles. The van der Waals surface area contributed by atoms with Crippen molar-refractivity contribution in [2.45, 2.75) is 34.1 Å². The minimum Gasteiger partial charge on any atom is -0.306 e. The van der Waals surface area contributed by atoms with Crippen molar-refractivity contribution in [1.82, 2.24) is 9.80 Å². The van der Waals surface area contributed by atoms with Crippen LogP contribution in [-0.4, -0.2) is 50.1 Å². The second kappa shape index (κ2) is 8.12. The van der Waals surface area contributed by atoms with E-state index in [9.17, 15) is 0 Å². The van der Waals surface area contributed by atoms with Crippen LogP contribution in [0.15, 0.2) is 0 Å². The summed E-state index contributed by atoms with van der Waals surface area (Å²) in [6, 6.07) is 0. The van der Waals surface area contributed by atoms with E-state index in [2.05, 4.69) is 37.7 Å². The van der Waals surface area contributed by atoms with Crippen LogP contribution in [-0.2, 0) is 0 Å². The Hall–Kier alpha value is -0.0800. The van der Waals surface area contributed by atoms with Crippen LogP contribution in [0.5, 0.6) is 0 Å². The van der Waals surface area contributed by atoms with Gasteiger partial charge in [-0.05, 0) is 25.9 Å². The zero-order valence-corrected chi connectivity index (χ0v) is 11.6. The van der Waals surface area contributed by atoms with Gasteiger partial charge in [0.25, 0.3) is 0 Å². The summed E-state index contributed by atoms with van der Waals surface area (Å²) >= 11 is 0. The van der Waals surface area contributed by atoms with Gasteiger partial charge in [0, 0.05) is 26.2 Å². The van der Waals surface area contributed by atoms with Gasteiger partial charge in [-0.2, -0.15) is 0 Å². The summed E-state index contributed by atoms with van der Waals surface area (Å²) in [7, 11) is 4.33. The smallest absolute Gasteiger partial charge is 0.00189 e. The fourth-order valence-electron chi connectivity index (χ4n) is 2.10. The minimum absolute atomic E-state index is 0.968. The van der Waals surface area contributed by atoms with Crippen molar-refractivity contribution in [3.05, 3.63) is 0 Å². The Labute approximate surface area is 96.6 Å². The van der Waals surface area contributed by atoms with E-state index < -0.39 is 0 Å². The van der Waals surface area contributed by atoms with E-state index in [4.69, 9.17) is 0 Å². The fourth-order valence-corrected chi connectivity index (χ4v) is 2.10. The second-order valence-electron chi connectivity index (χ2n) is 4.82. The molecule has 0 amide bonds. The first kappa shape index (κ1) is 14.9. The molecule has 0 atom stereocenters. The molecule has 0 unspecified atom stereocenters. The van der Waals surface area contributed by atoms with Crippen molar-refractivity contribution in [3.63, 3.8) is 0 Å². The Balaban J connectivity index is 0.000000227. The summed E-state index contributed by atoms with van der Waals surface area (Å²) < 4.78 is 0. The van der Waals surface area contributed by atoms with Crippen molar-refractivity contribution < 1.29 is 0 Å². The van der Waals surface area contributed by atoms with Crippen molar-refractivity contribution in [2.24, 2.45) is 11.8 Å². The maximum atomic E-state index is 2.36. The monoisotopic (exact) mass is 214 g/mol. The molecule has 0 bridgehead atoms. The Morgan fingerprint density at radius 3 is 1.40 bits per heavy atom. The summed E-state index contributed by atoms with van der Waals surface area (Å²) in [5.74, 6) is 1.99. The summed E-state index contributed by atoms with van der Waals surface area (Å²) in [5.41, 5.74) is 0. The van der Waals surface area contributed by atoms with Crippen LogP contribution in [0.2, 0.25) is 0 Å². The normalized spacial score (nSPS) is 22.8. The molecule has 2 rings (SSSR count). The molecule has 0 aliphatic carbocycles. The van der Waals surface area contributed by atoms with E-state index in [0.717, 1.165) is 11.8 Å². The molecule has 0 spiro atoms. The Kier molecular flexibility index (Phi) is 8.07. The zero-order valence-electron chi connectivity index (χ0n) is 11.6. The van der Waals surface area contributed by atoms with Gasteiger partial charge >= 0.3 is 0 Å². The maximum Gasteiger partial charge on any atom is 0.00189 e. The molecule has 0 aromatic rings. The van der Waals surface area contributed by atoms with Crippen LogP contribution in [0.1, 0.15) is 34.1 Å². The predicted octanol–water partition coefficient (Wildman–Crippen LogP) is 2.55. The van der Waals surface area contributed by atoms with Gasteiger partial charge in [0.1, 0.15) is 0 Å². The van der Waals surface area contributed by atoms with Crippen molar-refractivity contribution in [2.75, 3.05) is 40.3 Å². The SMILES string of the molecule is CC.CC1CN(C)C1.CCC1CN(C)C1. The molecule has 2 aliphatic rings. The highest BCUT2D eigenvalue weighted by Gasteiger charge is 2.20. The van der Waals surface area contributed by atoms with Crippen LogP contribution < -0.4 is 0 Å². The lowest BCUT2D eigenvalue weighted by Gasteiger charge is -2.35. The summed E-state index contributed by atoms with van der Waals surface area (Å²) in [6.07, 6.45) is 1.37. The molecule has 2 aliphatic heterocycles. The minimum atomic E-state index is 0.968. The van der Waals surface area contributed by atoms with Crippen molar-refractivity contribution >= 4 is 0 Å². The molecular formula is C13H30N2. The van der Waals surface area contributed by atoms with Gasteiger partial charge < -0.3 is 9.80 Å². The van der Waals surface area contributed by atoms with Gasteiger partial charge in [-0.3, -0.25) is 0 Å². The van der Waals surface area contributed by atoms with Crippen LogP contribution in [0.25, 0.3) is 0 Å². The third-order valence-electron chi connectivity index (χ3n) is 2.96. The molecule has 0 aromatic carbocycles. The number of hydrogen-bond acceptors (Lipinski definition) is 2. The van der Waals surface area contributed by atoms with E-state index in [-0.39, 0.29) is 0 Å². The maximum absolute atomic E-state index is 2.36. The van der Waals surface area contributed by atoms with Crippen molar-refractivity contribution in [1.29, 1.82) is 0 Å². The van der Waals surface area contributed by atoms with Gasteiger partial charge in [0.2, 0.25) is 0 Å². The zero-order chi connectivity index (χ0) is 11.8. The molecule has 2 nitrogen and oxygen atoms in total. The molecular weight excluding hydrogens is 184 g/mol. The highest BCUT2D eigenvalue weighted by molar-refractivity contribution is 4.74. The lowest BCUT2D eigenvalue weighted by molar-refractivity contribution is 0.131. The number of rotatable bonds is 1. The fraction of sp³-hybridized carbons (Fsp3) is 1.00. The predicted molar refractivity (Wildman–Crippen MR) is 69.3 cm³/mol. The van der Waals surface area contributed by atoms with Crippen LogP contribution >= 0.6 is 0 Å². The van der Waals surface area contributed by atoms with Crippen LogP contribution in [0, 0.1) is 11.8 Å². The third-order valence-corrected chi connectivity index (χ3v) is 2.96. The number of hydrogen-bond donors (Lipinski definition) is 0. The van der Waals surface area contributed by atoms with E-state index in [1.165, 1.54) is 32.6 Å². The van der Waals surface area contributed by atoms with Gasteiger partial charge in [-0.1, -0.05) is 34.1 Å². The molecule has 2 saturated heterocycles. The molecule has 0 aromatic heterocycles. The average Bonchev–Trinajstić information content (AvgIpc) is 2.15. The molecule has 0 radical (unpaired) electrons. The Bertz CT molecular complexity index is 129. The first-order valence-electron chi connectivity index (χ1n) is 6.49. The number of likely N-dealkylation sites (tertiary alicyclic amines) is 2. The topological polar surface area (TPSA) is 6.48 Å². The first-order chi connectivity index (χ1) is 7.11. The lowest BCUT2D eigenvalue weighted by Crippen LogP contribution is -2.42. The second-order valence-corrected chi connectivity index (χ2v) is 4.82. The summed E-state index contributed by atoms with van der Waals surface area (Å²) in [4.78, 5) is 4.68. The molecule has 0 N–H and O–H groups in total. The quantitative estimate of drug-likeness (QED) is 0.662. The molecule has 92 valence electrons. The molecule has 2 fully saturated rings. The molecule has 0 saturated carbocycles. The van der Waals surface area contributed by atoms with Gasteiger partial charge in [0.05, 0.1) is 0 Å². The Morgan fingerprint density at radius 2 is 1.33 bits per heavy atom. The van der Waals surface area contributed by atoms with E-state index in [1.807, 2.05) is 13.8 Å². The summed E-state index contributed by atoms with van der Waals surface area (Å²) in [6.45, 7) is 13.8. The molecule has 2 heteroatoms. The van der Waals surface area contributed by atoms with Gasteiger partial charge in [-0.15, -0.1) is 0 Å². The third kappa shape index (κ3) is 6.16. The van der Waals surface area contributed by atoms with Gasteiger partial charge in [0.15, 0.2) is 0 Å². The largest absolute Gasteiger partial charge is 0.306 e. The highest BCUT2D eigenvalue weighted by atomic mass is 15.2. The number of nitrogens with zero attached hydrogens (tertiary/aromatic N) is 2. The van der Waals surface area contributed by atoms with Crippen LogP contribution in [0.4, 0.5) is 0 Å². The average molecular weight is 214 g/mol. The van der Waals surface area contributed by atoms with E-state index in [0.29, 0.717) is 0 Å².